The Morgan fingerprint density at radius 2 is 1.92 bits per heavy atom. The van der Waals surface area contributed by atoms with Gasteiger partial charge in [-0.1, -0.05) is 24.3 Å². The molecule has 0 aliphatic carbocycles. The van der Waals surface area contributed by atoms with Crippen LogP contribution in [0.5, 0.6) is 5.75 Å². The Morgan fingerprint density at radius 3 is 2.62 bits per heavy atom. The topological polar surface area (TPSA) is 41.6 Å². The van der Waals surface area contributed by atoms with Crippen molar-refractivity contribution in [3.63, 3.8) is 0 Å². The van der Waals surface area contributed by atoms with Gasteiger partial charge in [-0.25, -0.2) is 4.39 Å². The predicted molar refractivity (Wildman–Crippen MR) is 99.7 cm³/mol. The van der Waals surface area contributed by atoms with E-state index in [1.165, 1.54) is 17.7 Å². The second kappa shape index (κ2) is 8.81. The van der Waals surface area contributed by atoms with Crippen molar-refractivity contribution in [3.05, 3.63) is 65.5 Å². The van der Waals surface area contributed by atoms with Crippen molar-refractivity contribution in [2.24, 2.45) is 0 Å². The SMILES string of the molecule is COc1ccc([C@@H]2CCCN2CC(=O)NCCc2ccc(F)cc2)cc1. The molecule has 1 aliphatic heterocycles. The fourth-order valence-corrected chi connectivity index (χ4v) is 3.46. The van der Waals surface area contributed by atoms with Crippen LogP contribution in [0.25, 0.3) is 0 Å². The first kappa shape index (κ1) is 18.4. The number of benzene rings is 2. The van der Waals surface area contributed by atoms with Crippen molar-refractivity contribution >= 4 is 5.91 Å². The number of nitrogens with one attached hydrogen (secondary N) is 1. The van der Waals surface area contributed by atoms with Crippen LogP contribution in [-0.4, -0.2) is 37.6 Å². The van der Waals surface area contributed by atoms with Crippen LogP contribution in [0.1, 0.15) is 30.0 Å². The molecule has 1 aliphatic rings. The number of halogens is 1. The molecular weight excluding hydrogens is 331 g/mol. The summed E-state index contributed by atoms with van der Waals surface area (Å²) in [7, 11) is 1.66. The fourth-order valence-electron chi connectivity index (χ4n) is 3.46. The van der Waals surface area contributed by atoms with Crippen LogP contribution in [0.4, 0.5) is 4.39 Å². The van der Waals surface area contributed by atoms with E-state index in [0.717, 1.165) is 30.7 Å². The first-order valence-electron chi connectivity index (χ1n) is 9.05. The van der Waals surface area contributed by atoms with E-state index in [-0.39, 0.29) is 17.8 Å². The highest BCUT2D eigenvalue weighted by Gasteiger charge is 2.27. The number of ether oxygens (including phenoxy) is 1. The lowest BCUT2D eigenvalue weighted by Crippen LogP contribution is -2.37. The van der Waals surface area contributed by atoms with E-state index in [9.17, 15) is 9.18 Å². The summed E-state index contributed by atoms with van der Waals surface area (Å²) in [6.07, 6.45) is 2.86. The predicted octanol–water partition coefficient (Wildman–Crippen LogP) is 3.33. The summed E-state index contributed by atoms with van der Waals surface area (Å²) in [6, 6.07) is 14.8. The lowest BCUT2D eigenvalue weighted by molar-refractivity contribution is -0.122. The van der Waals surface area contributed by atoms with Crippen molar-refractivity contribution < 1.29 is 13.9 Å². The third-order valence-electron chi connectivity index (χ3n) is 4.86. The number of hydrogen-bond donors (Lipinski definition) is 1. The summed E-state index contributed by atoms with van der Waals surface area (Å²) in [5.74, 6) is 0.640. The van der Waals surface area contributed by atoms with Crippen LogP contribution >= 0.6 is 0 Å². The molecule has 1 N–H and O–H groups in total. The molecule has 3 rings (SSSR count). The normalized spacial score (nSPS) is 17.2. The summed E-state index contributed by atoms with van der Waals surface area (Å²) in [5, 5.41) is 2.97. The standard InChI is InChI=1S/C21H25FN2O2/c1-26-19-10-6-17(7-11-19)20-3-2-14-24(20)15-21(25)23-13-12-16-4-8-18(22)9-5-16/h4-11,20H,2-3,12-15H2,1H3,(H,23,25)/t20-/m0/s1. The van der Waals surface area contributed by atoms with Gasteiger partial charge in [0.15, 0.2) is 0 Å². The van der Waals surface area contributed by atoms with E-state index >= 15 is 0 Å². The minimum Gasteiger partial charge on any atom is -0.497 e. The van der Waals surface area contributed by atoms with Crippen LogP contribution in [0.2, 0.25) is 0 Å². The first-order valence-corrected chi connectivity index (χ1v) is 9.05. The number of methoxy groups -OCH3 is 1. The largest absolute Gasteiger partial charge is 0.497 e. The Balaban J connectivity index is 1.48. The molecule has 1 amide bonds. The van der Waals surface area contributed by atoms with E-state index in [1.807, 2.05) is 12.1 Å². The van der Waals surface area contributed by atoms with Gasteiger partial charge in [-0.2, -0.15) is 0 Å². The highest BCUT2D eigenvalue weighted by atomic mass is 19.1. The maximum atomic E-state index is 12.9. The molecule has 0 aromatic heterocycles. The van der Waals surface area contributed by atoms with Gasteiger partial charge in [0.05, 0.1) is 13.7 Å². The Bertz CT molecular complexity index is 716. The molecule has 26 heavy (non-hydrogen) atoms. The molecular formula is C21H25FN2O2. The molecule has 2 aromatic rings. The maximum absolute atomic E-state index is 12.9. The van der Waals surface area contributed by atoms with Crippen LogP contribution in [-0.2, 0) is 11.2 Å². The van der Waals surface area contributed by atoms with Crippen molar-refractivity contribution in [1.82, 2.24) is 10.2 Å². The second-order valence-electron chi connectivity index (χ2n) is 6.63. The molecule has 2 aromatic carbocycles. The van der Waals surface area contributed by atoms with Gasteiger partial charge in [0.25, 0.3) is 0 Å². The zero-order chi connectivity index (χ0) is 18.4. The maximum Gasteiger partial charge on any atom is 0.234 e. The van der Waals surface area contributed by atoms with Gasteiger partial charge in [-0.05, 0) is 61.2 Å². The molecule has 1 fully saturated rings. The number of carbonyl (C=O) groups excluding carboxylic acids is 1. The van der Waals surface area contributed by atoms with E-state index in [2.05, 4.69) is 22.3 Å². The average molecular weight is 356 g/mol. The molecule has 1 saturated heterocycles. The quantitative estimate of drug-likeness (QED) is 0.827. The van der Waals surface area contributed by atoms with Gasteiger partial charge in [0.1, 0.15) is 11.6 Å². The van der Waals surface area contributed by atoms with Gasteiger partial charge >= 0.3 is 0 Å². The number of rotatable bonds is 7. The summed E-state index contributed by atoms with van der Waals surface area (Å²) < 4.78 is 18.1. The molecule has 0 unspecified atom stereocenters. The number of carbonyl (C=O) groups is 1. The van der Waals surface area contributed by atoms with Gasteiger partial charge in [-0.3, -0.25) is 9.69 Å². The molecule has 138 valence electrons. The number of hydrogen-bond acceptors (Lipinski definition) is 3. The third kappa shape index (κ3) is 4.82. The van der Waals surface area contributed by atoms with Gasteiger partial charge in [-0.15, -0.1) is 0 Å². The van der Waals surface area contributed by atoms with Gasteiger partial charge in [0, 0.05) is 12.6 Å². The second-order valence-corrected chi connectivity index (χ2v) is 6.63. The van der Waals surface area contributed by atoms with Crippen molar-refractivity contribution in [1.29, 1.82) is 0 Å². The van der Waals surface area contributed by atoms with Crippen molar-refractivity contribution in [2.45, 2.75) is 25.3 Å². The fraction of sp³-hybridized carbons (Fsp3) is 0.381. The number of amides is 1. The molecule has 0 radical (unpaired) electrons. The van der Waals surface area contributed by atoms with Gasteiger partial charge in [0.2, 0.25) is 5.91 Å². The van der Waals surface area contributed by atoms with Crippen LogP contribution in [0.15, 0.2) is 48.5 Å². The molecule has 0 bridgehead atoms. The lowest BCUT2D eigenvalue weighted by atomic mass is 10.0. The molecule has 1 atom stereocenters. The van der Waals surface area contributed by atoms with Crippen molar-refractivity contribution in [2.75, 3.05) is 26.7 Å². The molecule has 4 nitrogen and oxygen atoms in total. The van der Waals surface area contributed by atoms with Crippen LogP contribution in [0.3, 0.4) is 0 Å². The Morgan fingerprint density at radius 1 is 1.19 bits per heavy atom. The Kier molecular flexibility index (Phi) is 6.23. The minimum atomic E-state index is -0.239. The molecule has 1 heterocycles. The first-order chi connectivity index (χ1) is 12.7. The van der Waals surface area contributed by atoms with Crippen molar-refractivity contribution in [3.8, 4) is 5.75 Å². The third-order valence-corrected chi connectivity index (χ3v) is 4.86. The van der Waals surface area contributed by atoms with E-state index < -0.39 is 0 Å². The van der Waals surface area contributed by atoms with E-state index in [1.54, 1.807) is 19.2 Å². The number of nitrogens with zero attached hydrogens (tertiary/aromatic N) is 1. The van der Waals surface area contributed by atoms with Crippen LogP contribution in [0, 0.1) is 5.82 Å². The smallest absolute Gasteiger partial charge is 0.234 e. The zero-order valence-electron chi connectivity index (χ0n) is 15.1. The molecule has 0 saturated carbocycles. The average Bonchev–Trinajstić information content (AvgIpc) is 3.11. The minimum absolute atomic E-state index is 0.0347. The van der Waals surface area contributed by atoms with Gasteiger partial charge < -0.3 is 10.1 Å². The zero-order valence-corrected chi connectivity index (χ0v) is 15.1. The lowest BCUT2D eigenvalue weighted by Gasteiger charge is -2.24. The summed E-state index contributed by atoms with van der Waals surface area (Å²) in [4.78, 5) is 14.5. The molecule has 5 heteroatoms. The Hall–Kier alpha value is -2.40. The van der Waals surface area contributed by atoms with E-state index in [4.69, 9.17) is 4.74 Å². The highest BCUT2D eigenvalue weighted by Crippen LogP contribution is 2.32. The number of likely N-dealkylation sites (tertiary alicyclic amines) is 1. The Labute approximate surface area is 154 Å². The highest BCUT2D eigenvalue weighted by molar-refractivity contribution is 5.78. The summed E-state index contributed by atoms with van der Waals surface area (Å²) in [6.45, 7) is 1.90. The summed E-state index contributed by atoms with van der Waals surface area (Å²) in [5.41, 5.74) is 2.24. The monoisotopic (exact) mass is 356 g/mol. The van der Waals surface area contributed by atoms with E-state index in [0.29, 0.717) is 19.5 Å². The summed E-state index contributed by atoms with van der Waals surface area (Å²) >= 11 is 0. The van der Waals surface area contributed by atoms with Crippen LogP contribution < -0.4 is 10.1 Å². The molecule has 0 spiro atoms.